The quantitative estimate of drug-likeness (QED) is 0.627. The molecule has 30 heavy (non-hydrogen) atoms. The van der Waals surface area contributed by atoms with Gasteiger partial charge in [-0.05, 0) is 35.9 Å². The molecule has 2 aromatic carbocycles. The molecule has 2 amide bonds. The van der Waals surface area contributed by atoms with E-state index in [-0.39, 0.29) is 23.3 Å². The molecule has 9 heteroatoms. The van der Waals surface area contributed by atoms with Crippen molar-refractivity contribution in [3.63, 3.8) is 0 Å². The fraction of sp³-hybridized carbons (Fsp3) is 0.333. The maximum Gasteiger partial charge on any atom is 0.251 e. The molecular weight excluding hydrogens is 452 g/mol. The molecule has 2 aliphatic heterocycles. The molecule has 2 aliphatic rings. The van der Waals surface area contributed by atoms with Gasteiger partial charge in [0.1, 0.15) is 5.82 Å². The van der Waals surface area contributed by atoms with E-state index < -0.39 is 11.9 Å². The Morgan fingerprint density at radius 2 is 1.67 bits per heavy atom. The van der Waals surface area contributed by atoms with Crippen LogP contribution in [0.3, 0.4) is 0 Å². The number of imide groups is 1. The Bertz CT molecular complexity index is 995. The van der Waals surface area contributed by atoms with Crippen LogP contribution in [0.4, 0.5) is 10.1 Å². The maximum absolute atomic E-state index is 13.4. The summed E-state index contributed by atoms with van der Waals surface area (Å²) in [5.41, 5.74) is 1.30. The number of piperazine rings is 1. The molecule has 2 saturated heterocycles. The van der Waals surface area contributed by atoms with Crippen molar-refractivity contribution in [2.75, 3.05) is 31.1 Å². The highest BCUT2D eigenvalue weighted by molar-refractivity contribution is 6.35. The van der Waals surface area contributed by atoms with Gasteiger partial charge >= 0.3 is 0 Å². The van der Waals surface area contributed by atoms with E-state index in [0.717, 1.165) is 29.6 Å². The Morgan fingerprint density at radius 3 is 2.33 bits per heavy atom. The molecule has 0 N–H and O–H groups in total. The molecule has 0 aliphatic carbocycles. The van der Waals surface area contributed by atoms with Crippen LogP contribution in [0.5, 0.6) is 0 Å². The van der Waals surface area contributed by atoms with Crippen LogP contribution in [-0.2, 0) is 16.1 Å². The summed E-state index contributed by atoms with van der Waals surface area (Å²) in [5, 5.41) is 1.12. The van der Waals surface area contributed by atoms with Crippen LogP contribution in [-0.4, -0.2) is 53.8 Å². The van der Waals surface area contributed by atoms with Gasteiger partial charge in [-0.1, -0.05) is 40.9 Å². The van der Waals surface area contributed by atoms with Gasteiger partial charge in [0.15, 0.2) is 0 Å². The molecule has 158 valence electrons. The summed E-state index contributed by atoms with van der Waals surface area (Å²) in [7, 11) is 0. The number of halogens is 4. The highest BCUT2D eigenvalue weighted by Gasteiger charge is 2.43. The fourth-order valence-electron chi connectivity index (χ4n) is 3.92. The van der Waals surface area contributed by atoms with Crippen molar-refractivity contribution in [2.24, 2.45) is 0 Å². The smallest absolute Gasteiger partial charge is 0.251 e. The maximum atomic E-state index is 13.4. The Kier molecular flexibility index (Phi) is 6.32. The third-order valence-corrected chi connectivity index (χ3v) is 6.42. The molecule has 0 aromatic heterocycles. The van der Waals surface area contributed by atoms with Crippen LogP contribution in [0.15, 0.2) is 36.4 Å². The van der Waals surface area contributed by atoms with E-state index in [2.05, 4.69) is 4.90 Å². The summed E-state index contributed by atoms with van der Waals surface area (Å²) in [5.74, 6) is -1.19. The monoisotopic (exact) mass is 469 g/mol. The second-order valence-corrected chi connectivity index (χ2v) is 8.68. The number of amides is 2. The first-order valence-electron chi connectivity index (χ1n) is 9.55. The van der Waals surface area contributed by atoms with Crippen molar-refractivity contribution in [1.82, 2.24) is 9.80 Å². The molecular formula is C21H19Cl3FN3O2. The molecule has 1 unspecified atom stereocenters. The molecule has 0 radical (unpaired) electrons. The molecule has 1 atom stereocenters. The minimum atomic E-state index is -0.590. The molecule has 0 spiro atoms. The Balaban J connectivity index is 1.39. The van der Waals surface area contributed by atoms with E-state index >= 15 is 0 Å². The first-order valence-corrected chi connectivity index (χ1v) is 10.7. The standard InChI is InChI=1S/C21H19Cl3FN3O2/c22-14-2-1-13(16(23)9-14)12-26-5-7-27(8-6-26)19-11-20(29)28(21(19)30)15-3-4-18(25)17(24)10-15/h1-4,9-10,19H,5-8,11-12H2. The summed E-state index contributed by atoms with van der Waals surface area (Å²) in [6.45, 7) is 3.51. The second-order valence-electron chi connectivity index (χ2n) is 7.43. The first-order chi connectivity index (χ1) is 14.3. The van der Waals surface area contributed by atoms with E-state index in [0.29, 0.717) is 35.4 Å². The summed E-state index contributed by atoms with van der Waals surface area (Å²) in [4.78, 5) is 30.8. The van der Waals surface area contributed by atoms with Gasteiger partial charge in [0.2, 0.25) is 5.91 Å². The van der Waals surface area contributed by atoms with E-state index in [1.807, 2.05) is 17.0 Å². The lowest BCUT2D eigenvalue weighted by Crippen LogP contribution is -2.52. The van der Waals surface area contributed by atoms with Crippen LogP contribution in [0.2, 0.25) is 15.1 Å². The van der Waals surface area contributed by atoms with E-state index in [9.17, 15) is 14.0 Å². The van der Waals surface area contributed by atoms with Crippen LogP contribution in [0.25, 0.3) is 0 Å². The molecule has 0 bridgehead atoms. The third-order valence-electron chi connectivity index (χ3n) is 5.54. The number of rotatable bonds is 4. The average molecular weight is 471 g/mol. The van der Waals surface area contributed by atoms with Gasteiger partial charge in [0, 0.05) is 42.8 Å². The average Bonchev–Trinajstić information content (AvgIpc) is 3.01. The van der Waals surface area contributed by atoms with Gasteiger partial charge in [-0.2, -0.15) is 0 Å². The van der Waals surface area contributed by atoms with Gasteiger partial charge in [0.25, 0.3) is 5.91 Å². The number of hydrogen-bond acceptors (Lipinski definition) is 4. The molecule has 4 rings (SSSR count). The predicted molar refractivity (Wildman–Crippen MR) is 116 cm³/mol. The van der Waals surface area contributed by atoms with E-state index in [4.69, 9.17) is 34.8 Å². The highest BCUT2D eigenvalue weighted by atomic mass is 35.5. The summed E-state index contributed by atoms with van der Waals surface area (Å²) in [6, 6.07) is 8.82. The Morgan fingerprint density at radius 1 is 0.933 bits per heavy atom. The number of carbonyl (C=O) groups is 2. The van der Waals surface area contributed by atoms with Crippen molar-refractivity contribution in [3.8, 4) is 0 Å². The van der Waals surface area contributed by atoms with Gasteiger partial charge in [-0.3, -0.25) is 19.4 Å². The van der Waals surface area contributed by atoms with Gasteiger partial charge in [-0.15, -0.1) is 0 Å². The largest absolute Gasteiger partial charge is 0.296 e. The summed E-state index contributed by atoms with van der Waals surface area (Å²) in [6.07, 6.45) is 0.108. The second kappa shape index (κ2) is 8.81. The number of anilines is 1. The van der Waals surface area contributed by atoms with Crippen LogP contribution >= 0.6 is 34.8 Å². The number of benzene rings is 2. The van der Waals surface area contributed by atoms with Crippen LogP contribution < -0.4 is 4.90 Å². The van der Waals surface area contributed by atoms with Crippen molar-refractivity contribution in [2.45, 2.75) is 19.0 Å². The highest BCUT2D eigenvalue weighted by Crippen LogP contribution is 2.30. The Hall–Kier alpha value is -1.70. The van der Waals surface area contributed by atoms with Gasteiger partial charge in [-0.25, -0.2) is 9.29 Å². The zero-order chi connectivity index (χ0) is 21.4. The van der Waals surface area contributed by atoms with Crippen LogP contribution in [0, 0.1) is 5.82 Å². The van der Waals surface area contributed by atoms with E-state index in [1.165, 1.54) is 12.1 Å². The molecule has 2 fully saturated rings. The lowest BCUT2D eigenvalue weighted by atomic mass is 10.1. The number of hydrogen-bond donors (Lipinski definition) is 0. The minimum absolute atomic E-state index is 0.108. The lowest BCUT2D eigenvalue weighted by molar-refractivity contribution is -0.123. The van der Waals surface area contributed by atoms with Gasteiger partial charge < -0.3 is 0 Å². The SMILES string of the molecule is O=C1CC(N2CCN(Cc3ccc(Cl)cc3Cl)CC2)C(=O)N1c1ccc(F)c(Cl)c1. The third kappa shape index (κ3) is 4.34. The zero-order valence-corrected chi connectivity index (χ0v) is 18.2. The van der Waals surface area contributed by atoms with Crippen molar-refractivity contribution in [1.29, 1.82) is 0 Å². The molecule has 5 nitrogen and oxygen atoms in total. The fourth-order valence-corrected chi connectivity index (χ4v) is 4.56. The number of carbonyl (C=O) groups excluding carboxylic acids is 2. The molecule has 2 heterocycles. The van der Waals surface area contributed by atoms with E-state index in [1.54, 1.807) is 6.07 Å². The Labute approximate surface area is 188 Å². The minimum Gasteiger partial charge on any atom is -0.296 e. The topological polar surface area (TPSA) is 43.9 Å². The number of nitrogens with zero attached hydrogens (tertiary/aromatic N) is 3. The zero-order valence-electron chi connectivity index (χ0n) is 16.0. The van der Waals surface area contributed by atoms with Crippen molar-refractivity contribution in [3.05, 3.63) is 62.8 Å². The van der Waals surface area contributed by atoms with Crippen LogP contribution in [0.1, 0.15) is 12.0 Å². The molecule has 0 saturated carbocycles. The summed E-state index contributed by atoms with van der Waals surface area (Å²) < 4.78 is 13.4. The summed E-state index contributed by atoms with van der Waals surface area (Å²) >= 11 is 18.0. The van der Waals surface area contributed by atoms with Gasteiger partial charge in [0.05, 0.1) is 23.2 Å². The first kappa shape index (κ1) is 21.5. The molecule has 2 aromatic rings. The van der Waals surface area contributed by atoms with Crippen molar-refractivity contribution >= 4 is 52.3 Å². The predicted octanol–water partition coefficient (Wildman–Crippen LogP) is 4.24. The lowest BCUT2D eigenvalue weighted by Gasteiger charge is -2.37. The van der Waals surface area contributed by atoms with Crippen molar-refractivity contribution < 1.29 is 14.0 Å². The normalized spacial score (nSPS) is 20.9.